The van der Waals surface area contributed by atoms with E-state index >= 15 is 0 Å². The molecule has 0 aliphatic heterocycles. The van der Waals surface area contributed by atoms with Crippen LogP contribution in [0.1, 0.15) is 0 Å². The molecule has 0 heterocycles. The van der Waals surface area contributed by atoms with E-state index in [-0.39, 0.29) is 60.8 Å². The van der Waals surface area contributed by atoms with Gasteiger partial charge in [0.1, 0.15) is 0 Å². The van der Waals surface area contributed by atoms with Crippen LogP contribution >= 0.6 is 0 Å². The van der Waals surface area contributed by atoms with Crippen LogP contribution in [-0.4, -0.2) is 0 Å². The average molecular weight is 355 g/mol. The molecule has 0 aromatic rings. The second-order valence-corrected chi connectivity index (χ2v) is 0. The zero-order valence-electron chi connectivity index (χ0n) is 3.25. The van der Waals surface area contributed by atoms with Crippen molar-refractivity contribution in [1.29, 1.82) is 0 Å². The molecule has 1 nitrogen and oxygen atoms in total. The molecule has 0 aromatic heterocycles. The summed E-state index contributed by atoms with van der Waals surface area (Å²) < 4.78 is 0. The Labute approximate surface area is 61.0 Å². The Morgan fingerprint density at radius 3 is 0.429 bits per heavy atom. The minimum Gasteiger partial charge on any atom is -0.344 e. The molecular weight excluding hydrogens is 347 g/mol. The fourth-order valence-electron chi connectivity index (χ4n) is 0. The van der Waals surface area contributed by atoms with Gasteiger partial charge in [-0.2, -0.15) is 0 Å². The number of hydrogen-bond donors (Lipinski definition) is 1. The van der Waals surface area contributed by atoms with Gasteiger partial charge in [0, 0.05) is 31.1 Å². The van der Waals surface area contributed by atoms with Crippen LogP contribution in [0.4, 0.5) is 23.5 Å². The van der Waals surface area contributed by atoms with Gasteiger partial charge in [-0.1, -0.05) is 0 Å². The molecule has 0 fully saturated rings. The Balaban J connectivity index is 0. The molecule has 0 aliphatic rings. The van der Waals surface area contributed by atoms with Crippen molar-refractivity contribution in [2.45, 2.75) is 0 Å². The molecule has 0 unspecified atom stereocenters. The van der Waals surface area contributed by atoms with Gasteiger partial charge < -0.3 is 6.15 Å². The van der Waals surface area contributed by atoms with Gasteiger partial charge in [-0.15, -0.1) is 0 Å². The van der Waals surface area contributed by atoms with Gasteiger partial charge in [-0.05, 0) is 0 Å². The molecule has 0 amide bonds. The standard InChI is InChI=1S/5FH.H3N.U/h5*1H;1H3;. The van der Waals surface area contributed by atoms with Crippen LogP contribution in [0.2, 0.25) is 0 Å². The molecule has 52 valence electrons. The van der Waals surface area contributed by atoms with E-state index in [0.717, 1.165) is 0 Å². The van der Waals surface area contributed by atoms with Gasteiger partial charge in [0.05, 0.1) is 0 Å². The SMILES string of the molecule is F.F.F.F.F.N.[U]. The van der Waals surface area contributed by atoms with Crippen molar-refractivity contribution in [1.82, 2.24) is 6.15 Å². The van der Waals surface area contributed by atoms with Gasteiger partial charge in [0.25, 0.3) is 0 Å². The van der Waals surface area contributed by atoms with Crippen molar-refractivity contribution in [2.75, 3.05) is 0 Å². The van der Waals surface area contributed by atoms with Crippen LogP contribution in [0, 0.1) is 31.1 Å². The van der Waals surface area contributed by atoms with Gasteiger partial charge in [-0.3, -0.25) is 23.5 Å². The van der Waals surface area contributed by atoms with Crippen LogP contribution < -0.4 is 6.15 Å². The first-order valence-electron chi connectivity index (χ1n) is 0. The van der Waals surface area contributed by atoms with Crippen LogP contribution in [0.15, 0.2) is 0 Å². The summed E-state index contributed by atoms with van der Waals surface area (Å²) in [7, 11) is 0. The second kappa shape index (κ2) is 487. The first-order valence-corrected chi connectivity index (χ1v) is 0. The van der Waals surface area contributed by atoms with Gasteiger partial charge in [0.2, 0.25) is 0 Å². The molecule has 0 aromatic carbocycles. The van der Waals surface area contributed by atoms with Crippen molar-refractivity contribution >= 4 is 0 Å². The molecule has 7 heavy (non-hydrogen) atoms. The van der Waals surface area contributed by atoms with E-state index in [0.29, 0.717) is 0 Å². The molecule has 0 aliphatic carbocycles. The average Bonchev–Trinajstić information content (AvgIpc) is 0. The summed E-state index contributed by atoms with van der Waals surface area (Å²) in [6, 6.07) is 0. The second-order valence-electron chi connectivity index (χ2n) is 0. The van der Waals surface area contributed by atoms with E-state index in [2.05, 4.69) is 0 Å². The summed E-state index contributed by atoms with van der Waals surface area (Å²) in [5.74, 6) is 0. The Bertz CT molecular complexity index is 8.04. The van der Waals surface area contributed by atoms with Gasteiger partial charge >= 0.3 is 0 Å². The first-order chi connectivity index (χ1) is 0. The van der Waals surface area contributed by atoms with Gasteiger partial charge in [-0.25, -0.2) is 0 Å². The van der Waals surface area contributed by atoms with Crippen LogP contribution in [-0.2, 0) is 0 Å². The molecule has 0 atom stereocenters. The summed E-state index contributed by atoms with van der Waals surface area (Å²) in [5.41, 5.74) is 0. The predicted molar refractivity (Wildman–Crippen MR) is 17.5 cm³/mol. The van der Waals surface area contributed by atoms with Crippen LogP contribution in [0.3, 0.4) is 0 Å². The smallest absolute Gasteiger partial charge is 0 e. The summed E-state index contributed by atoms with van der Waals surface area (Å²) in [6.45, 7) is 0. The summed E-state index contributed by atoms with van der Waals surface area (Å²) in [6.07, 6.45) is 0. The number of rotatable bonds is 0. The van der Waals surface area contributed by atoms with Crippen LogP contribution in [0.5, 0.6) is 0 Å². The fourth-order valence-corrected chi connectivity index (χ4v) is 0. The van der Waals surface area contributed by atoms with Crippen molar-refractivity contribution in [3.05, 3.63) is 0 Å². The van der Waals surface area contributed by atoms with E-state index in [1.807, 2.05) is 0 Å². The normalized spacial score (nSPS) is 0. The summed E-state index contributed by atoms with van der Waals surface area (Å²) >= 11 is 0. The Hall–Kier alpha value is 0.662. The topological polar surface area (TPSA) is 35.0 Å². The van der Waals surface area contributed by atoms with E-state index in [1.165, 1.54) is 0 Å². The van der Waals surface area contributed by atoms with E-state index in [4.69, 9.17) is 0 Å². The molecule has 0 rings (SSSR count). The largest absolute Gasteiger partial charge is 0.344 e. The monoisotopic (exact) mass is 355 g/mol. The minimum atomic E-state index is 0. The van der Waals surface area contributed by atoms with Crippen molar-refractivity contribution in [3.8, 4) is 0 Å². The van der Waals surface area contributed by atoms with E-state index in [9.17, 15) is 0 Å². The van der Waals surface area contributed by atoms with Gasteiger partial charge in [0.15, 0.2) is 0 Å². The molecule has 0 radical (unpaired) electrons. The Kier molecular flexibility index (Phi) is 54000. The summed E-state index contributed by atoms with van der Waals surface area (Å²) in [4.78, 5) is 0. The minimum absolute atomic E-state index is 0. The summed E-state index contributed by atoms with van der Waals surface area (Å²) in [5, 5.41) is 0. The van der Waals surface area contributed by atoms with E-state index < -0.39 is 0 Å². The van der Waals surface area contributed by atoms with E-state index in [1.54, 1.807) is 0 Å². The molecule has 0 bridgehead atoms. The molecule has 7 heteroatoms. The molecule has 0 spiro atoms. The molecule has 0 saturated carbocycles. The fraction of sp³-hybridized carbons (Fsp3) is 0. The zero-order valence-corrected chi connectivity index (χ0v) is 7.41. The third-order valence-electron chi connectivity index (χ3n) is 0. The quantitative estimate of drug-likeness (QED) is 0.645. The Morgan fingerprint density at radius 1 is 0.429 bits per heavy atom. The van der Waals surface area contributed by atoms with Crippen LogP contribution in [0.25, 0.3) is 0 Å². The zero-order chi connectivity index (χ0) is 0. The Morgan fingerprint density at radius 2 is 0.429 bits per heavy atom. The molecule has 0 saturated heterocycles. The third-order valence-corrected chi connectivity index (χ3v) is 0. The molecule has 3 N–H and O–H groups in total. The van der Waals surface area contributed by atoms with Crippen molar-refractivity contribution < 1.29 is 54.6 Å². The van der Waals surface area contributed by atoms with Crippen molar-refractivity contribution in [3.63, 3.8) is 0 Å². The maximum Gasteiger partial charge on any atom is 0 e. The number of halogens is 5. The predicted octanol–water partition coefficient (Wildman–Crippen LogP) is 0.924. The molecular formula is H8F5NU. The maximum absolute atomic E-state index is 0. The third kappa shape index (κ3) is 330. The maximum atomic E-state index is 0. The first kappa shape index (κ1) is 776. The number of hydrogen-bond acceptors (Lipinski definition) is 1. The van der Waals surface area contributed by atoms with Crippen molar-refractivity contribution in [2.24, 2.45) is 0 Å².